The van der Waals surface area contributed by atoms with Crippen molar-refractivity contribution in [1.29, 1.82) is 0 Å². The van der Waals surface area contributed by atoms with Crippen molar-refractivity contribution in [2.45, 2.75) is 12.5 Å². The lowest BCUT2D eigenvalue weighted by Gasteiger charge is -2.26. The molecule has 1 aromatic heterocycles. The number of fused-ring (bicyclic) bond motifs is 1. The fourth-order valence-electron chi connectivity index (χ4n) is 2.29. The van der Waals surface area contributed by atoms with Crippen molar-refractivity contribution in [2.24, 2.45) is 0 Å². The zero-order valence-electron chi connectivity index (χ0n) is 9.11. The third-order valence-electron chi connectivity index (χ3n) is 3.06. The van der Waals surface area contributed by atoms with Gasteiger partial charge in [-0.25, -0.2) is 0 Å². The maximum Gasteiger partial charge on any atom is 0.115 e. The molecule has 4 heteroatoms. The van der Waals surface area contributed by atoms with Crippen molar-refractivity contribution in [3.63, 3.8) is 0 Å². The van der Waals surface area contributed by atoms with Crippen molar-refractivity contribution < 1.29 is 5.11 Å². The van der Waals surface area contributed by atoms with Crippen molar-refractivity contribution in [3.05, 3.63) is 50.1 Å². The summed E-state index contributed by atoms with van der Waals surface area (Å²) in [6.07, 6.45) is 0.979. The second-order valence-electron chi connectivity index (χ2n) is 4.16. The molecule has 2 nitrogen and oxygen atoms in total. The molecule has 0 fully saturated rings. The van der Waals surface area contributed by atoms with E-state index in [9.17, 15) is 5.11 Å². The maximum absolute atomic E-state index is 9.52. The molecule has 0 spiro atoms. The number of phenols is 1. The lowest BCUT2D eigenvalue weighted by molar-refractivity contribution is 0.471. The van der Waals surface area contributed by atoms with Crippen LogP contribution in [0.3, 0.4) is 0 Å². The number of hydrogen-bond donors (Lipinski definition) is 2. The molecule has 2 N–H and O–H groups in total. The minimum absolute atomic E-state index is 0.260. The van der Waals surface area contributed by atoms with E-state index in [1.54, 1.807) is 17.4 Å². The van der Waals surface area contributed by atoms with E-state index in [2.05, 4.69) is 33.4 Å². The third-order valence-corrected chi connectivity index (χ3v) is 4.75. The molecule has 1 unspecified atom stereocenters. The van der Waals surface area contributed by atoms with E-state index in [1.807, 2.05) is 12.1 Å². The zero-order chi connectivity index (χ0) is 11.8. The van der Waals surface area contributed by atoms with Gasteiger partial charge < -0.3 is 10.4 Å². The lowest BCUT2D eigenvalue weighted by atomic mass is 9.93. The van der Waals surface area contributed by atoms with E-state index in [0.717, 1.165) is 16.8 Å². The Kier molecular flexibility index (Phi) is 2.94. The van der Waals surface area contributed by atoms with Crippen LogP contribution in [0.2, 0.25) is 0 Å². The van der Waals surface area contributed by atoms with Crippen LogP contribution in [0.15, 0.2) is 34.1 Å². The Morgan fingerprint density at radius 2 is 2.18 bits per heavy atom. The van der Waals surface area contributed by atoms with Gasteiger partial charge in [-0.3, -0.25) is 0 Å². The van der Waals surface area contributed by atoms with Crippen LogP contribution in [-0.2, 0) is 6.42 Å². The summed E-state index contributed by atoms with van der Waals surface area (Å²) in [5, 5.41) is 13.1. The molecule has 17 heavy (non-hydrogen) atoms. The first-order valence-electron chi connectivity index (χ1n) is 5.54. The molecule has 2 aromatic rings. The Morgan fingerprint density at radius 1 is 1.29 bits per heavy atom. The Bertz CT molecular complexity index is 552. The zero-order valence-corrected chi connectivity index (χ0v) is 11.5. The van der Waals surface area contributed by atoms with Crippen LogP contribution in [0.1, 0.15) is 22.0 Å². The number of benzene rings is 1. The Morgan fingerprint density at radius 3 is 2.94 bits per heavy atom. The van der Waals surface area contributed by atoms with Gasteiger partial charge in [0, 0.05) is 11.4 Å². The van der Waals surface area contributed by atoms with E-state index >= 15 is 0 Å². The molecule has 1 aliphatic heterocycles. The molecule has 0 aliphatic carbocycles. The molecule has 88 valence electrons. The highest BCUT2D eigenvalue weighted by atomic mass is 79.9. The van der Waals surface area contributed by atoms with Gasteiger partial charge in [-0.05, 0) is 57.7 Å². The Labute approximate surface area is 112 Å². The van der Waals surface area contributed by atoms with E-state index in [-0.39, 0.29) is 6.04 Å². The molecule has 1 atom stereocenters. The number of halogens is 1. The van der Waals surface area contributed by atoms with Crippen LogP contribution in [0.5, 0.6) is 5.75 Å². The molecule has 1 aromatic carbocycles. The summed E-state index contributed by atoms with van der Waals surface area (Å²) >= 11 is 5.25. The molecular formula is C13H12BrNOS. The molecule has 0 saturated carbocycles. The van der Waals surface area contributed by atoms with Gasteiger partial charge in [-0.2, -0.15) is 0 Å². The smallest absolute Gasteiger partial charge is 0.115 e. The largest absolute Gasteiger partial charge is 0.508 e. The minimum Gasteiger partial charge on any atom is -0.508 e. The summed E-state index contributed by atoms with van der Waals surface area (Å²) in [4.78, 5) is 1.31. The summed E-state index contributed by atoms with van der Waals surface area (Å²) in [7, 11) is 0. The fraction of sp³-hybridized carbons (Fsp3) is 0.231. The minimum atomic E-state index is 0.260. The second kappa shape index (κ2) is 4.44. The summed E-state index contributed by atoms with van der Waals surface area (Å²) in [5.74, 6) is 0.358. The number of aromatic hydroxyl groups is 1. The summed E-state index contributed by atoms with van der Waals surface area (Å²) in [5.41, 5.74) is 2.53. The van der Waals surface area contributed by atoms with Gasteiger partial charge in [0.25, 0.3) is 0 Å². The normalized spacial score (nSPS) is 19.0. The van der Waals surface area contributed by atoms with Gasteiger partial charge in [-0.15, -0.1) is 11.3 Å². The lowest BCUT2D eigenvalue weighted by Crippen LogP contribution is -2.29. The average Bonchev–Trinajstić information content (AvgIpc) is 2.74. The van der Waals surface area contributed by atoms with Crippen LogP contribution in [0.4, 0.5) is 0 Å². The van der Waals surface area contributed by atoms with Crippen LogP contribution in [0, 0.1) is 0 Å². The molecule has 0 bridgehead atoms. The van der Waals surface area contributed by atoms with Gasteiger partial charge in [0.1, 0.15) is 5.75 Å². The highest BCUT2D eigenvalue weighted by Crippen LogP contribution is 2.35. The SMILES string of the molecule is Oc1ccc2c(c1)CCNC2c1ccc(Br)s1. The fourth-order valence-corrected chi connectivity index (χ4v) is 3.81. The first kappa shape index (κ1) is 11.3. The molecule has 2 heterocycles. The van der Waals surface area contributed by atoms with Crippen LogP contribution in [-0.4, -0.2) is 11.7 Å². The van der Waals surface area contributed by atoms with Crippen LogP contribution >= 0.6 is 27.3 Å². The number of thiophene rings is 1. The van der Waals surface area contributed by atoms with Gasteiger partial charge in [0.15, 0.2) is 0 Å². The van der Waals surface area contributed by atoms with Crippen molar-refractivity contribution in [2.75, 3.05) is 6.54 Å². The molecule has 0 amide bonds. The monoisotopic (exact) mass is 309 g/mol. The quantitative estimate of drug-likeness (QED) is 0.845. The van der Waals surface area contributed by atoms with Crippen molar-refractivity contribution in [3.8, 4) is 5.75 Å². The van der Waals surface area contributed by atoms with E-state index < -0.39 is 0 Å². The van der Waals surface area contributed by atoms with Gasteiger partial charge in [0.2, 0.25) is 0 Å². The van der Waals surface area contributed by atoms with E-state index in [4.69, 9.17) is 0 Å². The summed E-state index contributed by atoms with van der Waals surface area (Å²) in [6.45, 7) is 0.955. The number of nitrogens with one attached hydrogen (secondary N) is 1. The predicted molar refractivity (Wildman–Crippen MR) is 73.7 cm³/mol. The number of hydrogen-bond acceptors (Lipinski definition) is 3. The molecule has 0 radical (unpaired) electrons. The molecular weight excluding hydrogens is 298 g/mol. The van der Waals surface area contributed by atoms with Gasteiger partial charge >= 0.3 is 0 Å². The highest BCUT2D eigenvalue weighted by molar-refractivity contribution is 9.11. The Balaban J connectivity index is 2.05. The number of rotatable bonds is 1. The first-order chi connectivity index (χ1) is 8.24. The molecule has 1 aliphatic rings. The van der Waals surface area contributed by atoms with Crippen LogP contribution < -0.4 is 5.32 Å². The average molecular weight is 310 g/mol. The van der Waals surface area contributed by atoms with Gasteiger partial charge in [0.05, 0.1) is 9.83 Å². The topological polar surface area (TPSA) is 32.3 Å². The Hall–Kier alpha value is -0.840. The van der Waals surface area contributed by atoms with Crippen molar-refractivity contribution in [1.82, 2.24) is 5.32 Å². The summed E-state index contributed by atoms with van der Waals surface area (Å²) in [6, 6.07) is 10.2. The van der Waals surface area contributed by atoms with E-state index in [0.29, 0.717) is 5.75 Å². The van der Waals surface area contributed by atoms with Crippen molar-refractivity contribution >= 4 is 27.3 Å². The van der Waals surface area contributed by atoms with Gasteiger partial charge in [-0.1, -0.05) is 6.07 Å². The first-order valence-corrected chi connectivity index (χ1v) is 7.15. The predicted octanol–water partition coefficient (Wildman–Crippen LogP) is 3.45. The van der Waals surface area contributed by atoms with E-state index in [1.165, 1.54) is 16.0 Å². The second-order valence-corrected chi connectivity index (χ2v) is 6.66. The highest BCUT2D eigenvalue weighted by Gasteiger charge is 2.22. The summed E-state index contributed by atoms with van der Waals surface area (Å²) < 4.78 is 1.15. The molecule has 0 saturated heterocycles. The van der Waals surface area contributed by atoms with Crippen LogP contribution in [0.25, 0.3) is 0 Å². The molecule has 3 rings (SSSR count). The third kappa shape index (κ3) is 2.12. The maximum atomic E-state index is 9.52. The number of phenolic OH excluding ortho intramolecular Hbond substituents is 1. The standard InChI is InChI=1S/C13H12BrNOS/c14-12-4-3-11(17-12)13-10-2-1-9(16)7-8(10)5-6-15-13/h1-4,7,13,15-16H,5-6H2.